The van der Waals surface area contributed by atoms with E-state index in [0.29, 0.717) is 0 Å². The van der Waals surface area contributed by atoms with Crippen molar-refractivity contribution in [2.45, 2.75) is 48.3 Å². The number of anilines is 1. The third-order valence-corrected chi connectivity index (χ3v) is 8.26. The summed E-state index contributed by atoms with van der Waals surface area (Å²) in [4.78, 5) is 3.02. The van der Waals surface area contributed by atoms with Crippen LogP contribution in [-0.2, 0) is 31.1 Å². The van der Waals surface area contributed by atoms with E-state index < -0.39 is 31.1 Å². The third-order valence-electron chi connectivity index (χ3n) is 6.56. The molecule has 184 valence electrons. The van der Waals surface area contributed by atoms with Crippen LogP contribution in [0, 0.1) is 0 Å². The number of allylic oxidation sites excluding steroid dienone is 6. The molecule has 0 aromatic heterocycles. The van der Waals surface area contributed by atoms with Gasteiger partial charge in [0, 0.05) is 34.5 Å². The predicted octanol–water partition coefficient (Wildman–Crippen LogP) is 3.02. The Morgan fingerprint density at radius 2 is 1.40 bits per heavy atom. The summed E-state index contributed by atoms with van der Waals surface area (Å²) >= 11 is 0. The van der Waals surface area contributed by atoms with Gasteiger partial charge in [0.05, 0.1) is 15.2 Å². The van der Waals surface area contributed by atoms with Gasteiger partial charge in [0.15, 0.2) is 5.71 Å². The molecule has 0 unspecified atom stereocenters. The molecule has 0 spiro atoms. The molecule has 2 heterocycles. The van der Waals surface area contributed by atoms with E-state index in [4.69, 9.17) is 0 Å². The Bertz CT molecular complexity index is 1560. The van der Waals surface area contributed by atoms with Crippen molar-refractivity contribution in [3.05, 3.63) is 83.6 Å². The van der Waals surface area contributed by atoms with E-state index in [1.165, 1.54) is 24.3 Å². The lowest BCUT2D eigenvalue weighted by atomic mass is 9.81. The average molecular weight is 516 g/mol. The van der Waals surface area contributed by atoms with E-state index in [1.54, 1.807) is 12.1 Å². The number of benzene rings is 2. The molecule has 0 aliphatic carbocycles. The molecule has 0 atom stereocenters. The van der Waals surface area contributed by atoms with Gasteiger partial charge in [-0.2, -0.15) is 16.8 Å². The van der Waals surface area contributed by atoms with Gasteiger partial charge in [-0.3, -0.25) is 9.11 Å². The molecule has 4 rings (SSSR count). The van der Waals surface area contributed by atoms with E-state index in [1.807, 2.05) is 58.1 Å². The lowest BCUT2D eigenvalue weighted by molar-refractivity contribution is -0.349. The van der Waals surface area contributed by atoms with E-state index in [9.17, 15) is 25.9 Å². The number of hydrogen-bond donors (Lipinski definition) is 4. The largest absolute Gasteiger partial charge is 0.358 e. The van der Waals surface area contributed by atoms with Crippen LogP contribution in [0.5, 0.6) is 0 Å². The molecule has 0 fully saturated rings. The highest BCUT2D eigenvalue weighted by Crippen LogP contribution is 2.44. The Balaban J connectivity index is 1.52. The summed E-state index contributed by atoms with van der Waals surface area (Å²) < 4.78 is 64.8. The minimum Gasteiger partial charge on any atom is -0.358 e. The van der Waals surface area contributed by atoms with Crippen LogP contribution >= 0.6 is 0 Å². The van der Waals surface area contributed by atoms with Crippen LogP contribution in [-0.4, -0.2) is 31.7 Å². The molecular formula is C25H27N2O6S2+. The molecule has 0 bridgehead atoms. The van der Waals surface area contributed by atoms with Crippen molar-refractivity contribution in [2.75, 3.05) is 5.32 Å². The maximum Gasteiger partial charge on any atom is 0.294 e. The van der Waals surface area contributed by atoms with Crippen molar-refractivity contribution < 1.29 is 30.9 Å². The fraction of sp³-hybridized carbons (Fsp3) is 0.240. The first-order valence-electron chi connectivity index (χ1n) is 10.8. The Morgan fingerprint density at radius 1 is 0.800 bits per heavy atom. The van der Waals surface area contributed by atoms with Crippen molar-refractivity contribution in [1.29, 1.82) is 0 Å². The van der Waals surface area contributed by atoms with Crippen LogP contribution in [0.1, 0.15) is 38.8 Å². The van der Waals surface area contributed by atoms with Crippen molar-refractivity contribution in [2.24, 2.45) is 0 Å². The molecule has 35 heavy (non-hydrogen) atoms. The highest BCUT2D eigenvalue weighted by molar-refractivity contribution is 7.86. The normalized spacial score (nSPS) is 19.7. The lowest BCUT2D eigenvalue weighted by Crippen LogP contribution is -2.65. The zero-order valence-electron chi connectivity index (χ0n) is 19.7. The molecule has 2 aromatic rings. The fourth-order valence-electron chi connectivity index (χ4n) is 4.38. The number of hydrogen-bond acceptors (Lipinski definition) is 5. The third kappa shape index (κ3) is 4.62. The number of rotatable bonds is 5. The van der Waals surface area contributed by atoms with Gasteiger partial charge in [0.25, 0.3) is 20.2 Å². The van der Waals surface area contributed by atoms with Gasteiger partial charge < -0.3 is 5.32 Å². The molecule has 2 aromatic carbocycles. The van der Waals surface area contributed by atoms with Crippen LogP contribution in [0.4, 0.5) is 11.4 Å². The molecular weight excluding hydrogens is 488 g/mol. The zero-order chi connectivity index (χ0) is 25.8. The van der Waals surface area contributed by atoms with Crippen molar-refractivity contribution in [3.8, 4) is 0 Å². The first kappa shape index (κ1) is 25.1. The van der Waals surface area contributed by atoms with Gasteiger partial charge in [-0.15, -0.1) is 0 Å². The van der Waals surface area contributed by atoms with Crippen LogP contribution in [0.25, 0.3) is 0 Å². The Morgan fingerprint density at radius 3 is 2.03 bits per heavy atom. The van der Waals surface area contributed by atoms with Gasteiger partial charge in [-0.25, -0.2) is 4.99 Å². The molecule has 0 saturated heterocycles. The van der Waals surface area contributed by atoms with Gasteiger partial charge in [-0.1, -0.05) is 32.1 Å². The Kier molecular flexibility index (Phi) is 5.92. The maximum atomic E-state index is 11.5. The minimum atomic E-state index is -4.28. The first-order valence-corrected chi connectivity index (χ1v) is 13.7. The van der Waals surface area contributed by atoms with Crippen LogP contribution in [0.3, 0.4) is 0 Å². The second kappa shape index (κ2) is 8.27. The van der Waals surface area contributed by atoms with Crippen molar-refractivity contribution >= 4 is 37.3 Å². The summed E-state index contributed by atoms with van der Waals surface area (Å²) in [6, 6.07) is 8.97. The van der Waals surface area contributed by atoms with E-state index >= 15 is 0 Å². The minimum absolute atomic E-state index is 0.140. The SMILES string of the molecule is CC1(C)C(=CC=CC=CC2=[NH+]c3ccc(S(=O)(=O)O)cc3C2(C)C)Nc2ccc(S(=O)(=O)O)cc21. The lowest BCUT2D eigenvalue weighted by Gasteiger charge is -2.20. The second-order valence-corrected chi connectivity index (χ2v) is 12.4. The van der Waals surface area contributed by atoms with E-state index in [-0.39, 0.29) is 9.79 Å². The van der Waals surface area contributed by atoms with Crippen molar-refractivity contribution in [3.63, 3.8) is 0 Å². The second-order valence-electron chi connectivity index (χ2n) is 9.60. The van der Waals surface area contributed by atoms with Crippen LogP contribution < -0.4 is 10.3 Å². The molecule has 0 radical (unpaired) electrons. The Labute approximate surface area is 205 Å². The van der Waals surface area contributed by atoms with Gasteiger partial charge in [-0.05, 0) is 55.8 Å². The molecule has 10 heteroatoms. The predicted molar refractivity (Wildman–Crippen MR) is 134 cm³/mol. The number of nitrogens with one attached hydrogen (secondary N) is 2. The summed E-state index contributed by atoms with van der Waals surface area (Å²) in [5.41, 5.74) is 3.90. The highest BCUT2D eigenvalue weighted by atomic mass is 32.2. The summed E-state index contributed by atoms with van der Waals surface area (Å²) in [5, 5.41) is 3.30. The van der Waals surface area contributed by atoms with E-state index in [0.717, 1.165) is 33.9 Å². The molecule has 4 N–H and O–H groups in total. The molecule has 2 aliphatic rings. The number of fused-ring (bicyclic) bond motifs is 2. The maximum absolute atomic E-state index is 11.5. The smallest absolute Gasteiger partial charge is 0.294 e. The quantitative estimate of drug-likeness (QED) is 0.355. The molecule has 2 aliphatic heterocycles. The molecule has 0 amide bonds. The van der Waals surface area contributed by atoms with Gasteiger partial charge >= 0.3 is 0 Å². The molecule has 8 nitrogen and oxygen atoms in total. The molecule has 0 saturated carbocycles. The topological polar surface area (TPSA) is 135 Å². The van der Waals surface area contributed by atoms with Gasteiger partial charge in [0.2, 0.25) is 5.69 Å². The van der Waals surface area contributed by atoms with Crippen LogP contribution in [0.2, 0.25) is 0 Å². The van der Waals surface area contributed by atoms with E-state index in [2.05, 4.69) is 10.3 Å². The monoisotopic (exact) mass is 515 g/mol. The van der Waals surface area contributed by atoms with Crippen molar-refractivity contribution in [1.82, 2.24) is 0 Å². The summed E-state index contributed by atoms with van der Waals surface area (Å²) in [7, 11) is -8.57. The Hall–Kier alpha value is -3.05. The van der Waals surface area contributed by atoms with Gasteiger partial charge in [0.1, 0.15) is 0 Å². The summed E-state index contributed by atoms with van der Waals surface area (Å²) in [5.74, 6) is 0. The fourth-order valence-corrected chi connectivity index (χ4v) is 5.39. The summed E-state index contributed by atoms with van der Waals surface area (Å²) in [6.07, 6.45) is 9.39. The summed E-state index contributed by atoms with van der Waals surface area (Å²) in [6.45, 7) is 7.87. The standard InChI is InChI=1S/C25H26N2O6S2/c1-24(2)18-14-16(34(28,29)30)10-12-20(18)26-22(24)8-6-5-7-9-23-25(3,4)19-15-17(35(31,32)33)11-13-21(19)27-23/h5-15,26H,1-4H3,(H,28,29,30)(H,31,32,33)/p+1. The van der Waals surface area contributed by atoms with Crippen LogP contribution in [0.15, 0.2) is 82.3 Å². The first-order chi connectivity index (χ1) is 16.1. The zero-order valence-corrected chi connectivity index (χ0v) is 21.3. The highest BCUT2D eigenvalue weighted by Gasteiger charge is 2.40. The average Bonchev–Trinajstić information content (AvgIpc) is 3.15.